The van der Waals surface area contributed by atoms with E-state index in [1.54, 1.807) is 0 Å². The predicted molar refractivity (Wildman–Crippen MR) is 42.1 cm³/mol. The molecule has 0 radical (unpaired) electrons. The van der Waals surface area contributed by atoms with Crippen LogP contribution < -0.4 is 5.73 Å². The van der Waals surface area contributed by atoms with Gasteiger partial charge in [-0.25, -0.2) is 4.39 Å². The summed E-state index contributed by atoms with van der Waals surface area (Å²) in [5, 5.41) is 17.8. The molecule has 4 N–H and O–H groups in total. The topological polar surface area (TPSA) is 66.5 Å². The van der Waals surface area contributed by atoms with E-state index in [0.29, 0.717) is 0 Å². The summed E-state index contributed by atoms with van der Waals surface area (Å²) in [5.41, 5.74) is 5.61. The monoisotopic (exact) mass is 171 g/mol. The molecule has 1 rings (SSSR count). The Hall–Kier alpha value is -1.13. The highest BCUT2D eigenvalue weighted by molar-refractivity contribution is 5.35. The van der Waals surface area contributed by atoms with E-state index in [1.165, 1.54) is 12.1 Å². The van der Waals surface area contributed by atoms with Gasteiger partial charge in [-0.2, -0.15) is 0 Å². The highest BCUT2D eigenvalue weighted by Crippen LogP contribution is 2.24. The van der Waals surface area contributed by atoms with Gasteiger partial charge in [0.1, 0.15) is 0 Å². The third-order valence-corrected chi connectivity index (χ3v) is 1.61. The Bertz CT molecular complexity index is 278. The largest absolute Gasteiger partial charge is 0.505 e. The predicted octanol–water partition coefficient (Wildman–Crippen LogP) is 0.523. The van der Waals surface area contributed by atoms with E-state index in [2.05, 4.69) is 0 Å². The Morgan fingerprint density at radius 2 is 2.17 bits per heavy atom. The second-order valence-corrected chi connectivity index (χ2v) is 2.47. The number of halogens is 1. The molecular weight excluding hydrogens is 161 g/mol. The van der Waals surface area contributed by atoms with Gasteiger partial charge >= 0.3 is 0 Å². The van der Waals surface area contributed by atoms with Crippen molar-refractivity contribution in [2.24, 2.45) is 5.73 Å². The van der Waals surface area contributed by atoms with Crippen molar-refractivity contribution in [3.8, 4) is 5.75 Å². The number of benzene rings is 1. The Balaban J connectivity index is 3.07. The van der Waals surface area contributed by atoms with Crippen LogP contribution >= 0.6 is 0 Å². The number of aliphatic hydroxyl groups is 1. The Kier molecular flexibility index (Phi) is 2.62. The first kappa shape index (κ1) is 8.96. The van der Waals surface area contributed by atoms with E-state index >= 15 is 0 Å². The zero-order chi connectivity index (χ0) is 9.14. The van der Waals surface area contributed by atoms with Crippen LogP contribution in [-0.2, 0) is 0 Å². The average Bonchev–Trinajstić information content (AvgIpc) is 2.08. The van der Waals surface area contributed by atoms with Crippen LogP contribution in [0.1, 0.15) is 11.6 Å². The number of phenolic OH excluding ortho intramolecular Hbond substituents is 1. The van der Waals surface area contributed by atoms with Gasteiger partial charge in [0.25, 0.3) is 0 Å². The van der Waals surface area contributed by atoms with Crippen LogP contribution in [0.2, 0.25) is 0 Å². The molecule has 1 atom stereocenters. The van der Waals surface area contributed by atoms with Crippen LogP contribution in [0.3, 0.4) is 0 Å². The average molecular weight is 171 g/mol. The number of aliphatic hydroxyl groups excluding tert-OH is 1. The maximum atomic E-state index is 12.7. The van der Waals surface area contributed by atoms with Crippen LogP contribution in [0, 0.1) is 5.82 Å². The van der Waals surface area contributed by atoms with Crippen molar-refractivity contribution < 1.29 is 14.6 Å². The van der Waals surface area contributed by atoms with E-state index < -0.39 is 17.6 Å². The van der Waals surface area contributed by atoms with Crippen molar-refractivity contribution in [2.75, 3.05) is 6.61 Å². The first-order valence-electron chi connectivity index (χ1n) is 3.50. The van der Waals surface area contributed by atoms with E-state index in [1.807, 2.05) is 0 Å². The summed E-state index contributed by atoms with van der Waals surface area (Å²) >= 11 is 0. The number of hydrogen-bond donors (Lipinski definition) is 3. The summed E-state index contributed by atoms with van der Waals surface area (Å²) in [6.07, 6.45) is 0. The summed E-state index contributed by atoms with van der Waals surface area (Å²) in [4.78, 5) is 0. The lowest BCUT2D eigenvalue weighted by Gasteiger charge is -2.10. The van der Waals surface area contributed by atoms with E-state index in [9.17, 15) is 4.39 Å². The molecular formula is C8H10FNO2. The van der Waals surface area contributed by atoms with Crippen LogP contribution in [0.25, 0.3) is 0 Å². The molecule has 0 saturated heterocycles. The first-order valence-corrected chi connectivity index (χ1v) is 3.50. The molecule has 0 aliphatic heterocycles. The summed E-state index contributed by atoms with van der Waals surface area (Å²) in [6, 6.07) is 3.29. The molecule has 4 heteroatoms. The quantitative estimate of drug-likeness (QED) is 0.607. The van der Waals surface area contributed by atoms with Gasteiger partial charge in [-0.1, -0.05) is 12.1 Å². The smallest absolute Gasteiger partial charge is 0.165 e. The van der Waals surface area contributed by atoms with Crippen molar-refractivity contribution in [3.05, 3.63) is 29.6 Å². The van der Waals surface area contributed by atoms with Gasteiger partial charge in [0.2, 0.25) is 0 Å². The number of hydrogen-bond acceptors (Lipinski definition) is 3. The maximum absolute atomic E-state index is 12.7. The van der Waals surface area contributed by atoms with Gasteiger partial charge in [-0.3, -0.25) is 0 Å². The molecule has 1 aromatic rings. The van der Waals surface area contributed by atoms with Crippen LogP contribution in [0.4, 0.5) is 4.39 Å². The molecule has 0 aliphatic carbocycles. The number of aromatic hydroxyl groups is 1. The van der Waals surface area contributed by atoms with Gasteiger partial charge < -0.3 is 15.9 Å². The second kappa shape index (κ2) is 3.51. The lowest BCUT2D eigenvalue weighted by atomic mass is 10.1. The fourth-order valence-corrected chi connectivity index (χ4v) is 0.930. The Morgan fingerprint density at radius 1 is 1.50 bits per heavy atom. The molecule has 1 unspecified atom stereocenters. The molecule has 3 nitrogen and oxygen atoms in total. The standard InChI is InChI=1S/C8H10FNO2/c9-6-3-1-2-5(8(6)12)7(10)4-11/h1-3,7,11-12H,4,10H2. The molecule has 0 amide bonds. The van der Waals surface area contributed by atoms with Crippen molar-refractivity contribution in [1.29, 1.82) is 0 Å². The minimum absolute atomic E-state index is 0.220. The molecule has 0 heterocycles. The summed E-state index contributed by atoms with van der Waals surface area (Å²) in [5.74, 6) is -1.21. The highest BCUT2D eigenvalue weighted by atomic mass is 19.1. The zero-order valence-corrected chi connectivity index (χ0v) is 6.37. The number of nitrogens with two attached hydrogens (primary N) is 1. The fraction of sp³-hybridized carbons (Fsp3) is 0.250. The third-order valence-electron chi connectivity index (χ3n) is 1.61. The maximum Gasteiger partial charge on any atom is 0.165 e. The molecule has 66 valence electrons. The van der Waals surface area contributed by atoms with Gasteiger partial charge in [-0.05, 0) is 6.07 Å². The Labute approximate surface area is 69.3 Å². The van der Waals surface area contributed by atoms with Gasteiger partial charge in [0.15, 0.2) is 11.6 Å². The van der Waals surface area contributed by atoms with Crippen molar-refractivity contribution >= 4 is 0 Å². The molecule has 0 saturated carbocycles. The van der Waals surface area contributed by atoms with Gasteiger partial charge in [-0.15, -0.1) is 0 Å². The van der Waals surface area contributed by atoms with Gasteiger partial charge in [0.05, 0.1) is 12.6 Å². The summed E-state index contributed by atoms with van der Waals surface area (Å²) in [6.45, 7) is -0.322. The van der Waals surface area contributed by atoms with Crippen molar-refractivity contribution in [2.45, 2.75) is 6.04 Å². The lowest BCUT2D eigenvalue weighted by Crippen LogP contribution is -2.14. The zero-order valence-electron chi connectivity index (χ0n) is 6.37. The third kappa shape index (κ3) is 1.54. The minimum atomic E-state index is -0.735. The second-order valence-electron chi connectivity index (χ2n) is 2.47. The number of phenols is 1. The minimum Gasteiger partial charge on any atom is -0.505 e. The highest BCUT2D eigenvalue weighted by Gasteiger charge is 2.12. The van der Waals surface area contributed by atoms with E-state index in [0.717, 1.165) is 6.07 Å². The normalized spacial score (nSPS) is 12.9. The van der Waals surface area contributed by atoms with Crippen LogP contribution in [-0.4, -0.2) is 16.8 Å². The number of rotatable bonds is 2. The van der Waals surface area contributed by atoms with Crippen LogP contribution in [0.5, 0.6) is 5.75 Å². The van der Waals surface area contributed by atoms with Crippen LogP contribution in [0.15, 0.2) is 18.2 Å². The molecule has 1 aromatic carbocycles. The van der Waals surface area contributed by atoms with E-state index in [4.69, 9.17) is 15.9 Å². The molecule has 0 fully saturated rings. The first-order chi connectivity index (χ1) is 5.66. The SMILES string of the molecule is NC(CO)c1cccc(F)c1O. The molecule has 0 bridgehead atoms. The fourth-order valence-electron chi connectivity index (χ4n) is 0.930. The molecule has 12 heavy (non-hydrogen) atoms. The van der Waals surface area contributed by atoms with E-state index in [-0.39, 0.29) is 12.2 Å². The summed E-state index contributed by atoms with van der Waals surface area (Å²) in [7, 11) is 0. The number of para-hydroxylation sites is 1. The molecule has 0 spiro atoms. The van der Waals surface area contributed by atoms with Gasteiger partial charge in [0, 0.05) is 5.56 Å². The summed E-state index contributed by atoms with van der Waals surface area (Å²) < 4.78 is 12.7. The van der Waals surface area contributed by atoms with Crippen molar-refractivity contribution in [1.82, 2.24) is 0 Å². The molecule has 0 aliphatic rings. The van der Waals surface area contributed by atoms with Crippen molar-refractivity contribution in [3.63, 3.8) is 0 Å². The molecule has 0 aromatic heterocycles. The lowest BCUT2D eigenvalue weighted by molar-refractivity contribution is 0.264. The Morgan fingerprint density at radius 3 is 2.75 bits per heavy atom.